The molecule has 23 heavy (non-hydrogen) atoms. The van der Waals surface area contributed by atoms with Crippen LogP contribution in [0.5, 0.6) is 0 Å². The SMILES string of the molecule is CCC(NC)c1cc(C(F)(F)F)c(C(F)(F)F)c(C(F)(F)F)c1. The molecule has 0 radical (unpaired) electrons. The van der Waals surface area contributed by atoms with Gasteiger partial charge in [-0.25, -0.2) is 0 Å². The summed E-state index contributed by atoms with van der Waals surface area (Å²) in [6.07, 6.45) is -16.9. The molecule has 1 rings (SSSR count). The maximum atomic E-state index is 12.9. The number of nitrogens with one attached hydrogen (secondary N) is 1. The van der Waals surface area contributed by atoms with E-state index >= 15 is 0 Å². The molecule has 0 fully saturated rings. The van der Waals surface area contributed by atoms with Gasteiger partial charge < -0.3 is 5.32 Å². The molecule has 0 heterocycles. The van der Waals surface area contributed by atoms with E-state index in [0.29, 0.717) is 0 Å². The van der Waals surface area contributed by atoms with Crippen molar-refractivity contribution >= 4 is 0 Å². The van der Waals surface area contributed by atoms with E-state index in [1.54, 1.807) is 0 Å². The molecular formula is C13H12F9N. The molecule has 1 nitrogen and oxygen atoms in total. The molecule has 0 saturated carbocycles. The van der Waals surface area contributed by atoms with Crippen molar-refractivity contribution in [3.63, 3.8) is 0 Å². The third kappa shape index (κ3) is 4.30. The van der Waals surface area contributed by atoms with E-state index in [0.717, 1.165) is 0 Å². The summed E-state index contributed by atoms with van der Waals surface area (Å²) >= 11 is 0. The second kappa shape index (κ2) is 6.21. The Hall–Kier alpha value is -1.45. The van der Waals surface area contributed by atoms with Gasteiger partial charge in [-0.2, -0.15) is 39.5 Å². The molecular weight excluding hydrogens is 341 g/mol. The number of hydrogen-bond acceptors (Lipinski definition) is 1. The Bertz CT molecular complexity index is 515. The average molecular weight is 353 g/mol. The molecule has 1 aromatic carbocycles. The number of benzene rings is 1. The van der Waals surface area contributed by atoms with Crippen LogP contribution in [0.1, 0.15) is 41.6 Å². The quantitative estimate of drug-likeness (QED) is 0.716. The maximum Gasteiger partial charge on any atom is 0.417 e. The molecule has 0 saturated heterocycles. The van der Waals surface area contributed by atoms with Gasteiger partial charge in [0.05, 0.1) is 16.7 Å². The first-order valence-corrected chi connectivity index (χ1v) is 6.30. The molecule has 10 heteroatoms. The van der Waals surface area contributed by atoms with Crippen molar-refractivity contribution < 1.29 is 39.5 Å². The van der Waals surface area contributed by atoms with Gasteiger partial charge in [-0.1, -0.05) is 6.92 Å². The molecule has 1 unspecified atom stereocenters. The standard InChI is InChI=1S/C13H12F9N/c1-3-9(23-2)6-4-7(11(14,15)16)10(13(20,21)22)8(5-6)12(17,18)19/h4-5,9,23H,3H2,1-2H3. The molecule has 0 aliphatic rings. The van der Waals surface area contributed by atoms with Crippen LogP contribution >= 0.6 is 0 Å². The second-order valence-corrected chi connectivity index (χ2v) is 4.73. The van der Waals surface area contributed by atoms with Crippen molar-refractivity contribution in [1.82, 2.24) is 5.32 Å². The van der Waals surface area contributed by atoms with Gasteiger partial charge in [0, 0.05) is 6.04 Å². The summed E-state index contributed by atoms with van der Waals surface area (Å²) in [6, 6.07) is -0.717. The third-order valence-electron chi connectivity index (χ3n) is 3.21. The summed E-state index contributed by atoms with van der Waals surface area (Å²) < 4.78 is 116. The molecule has 132 valence electrons. The van der Waals surface area contributed by atoms with E-state index in [1.807, 2.05) is 0 Å². The lowest BCUT2D eigenvalue weighted by molar-refractivity contribution is -0.174. The van der Waals surface area contributed by atoms with Crippen molar-refractivity contribution in [1.29, 1.82) is 0 Å². The number of halogens is 9. The van der Waals surface area contributed by atoms with Gasteiger partial charge in [0.15, 0.2) is 0 Å². The first-order valence-electron chi connectivity index (χ1n) is 6.30. The Morgan fingerprint density at radius 3 is 1.43 bits per heavy atom. The third-order valence-corrected chi connectivity index (χ3v) is 3.21. The number of alkyl halides is 9. The van der Waals surface area contributed by atoms with Crippen LogP contribution < -0.4 is 5.32 Å². The summed E-state index contributed by atoms with van der Waals surface area (Å²) in [5.41, 5.74) is -7.91. The number of rotatable bonds is 3. The zero-order valence-corrected chi connectivity index (χ0v) is 11.8. The summed E-state index contributed by atoms with van der Waals surface area (Å²) in [7, 11) is 1.28. The van der Waals surface area contributed by atoms with Crippen LogP contribution in [0.2, 0.25) is 0 Å². The summed E-state index contributed by atoms with van der Waals surface area (Å²) in [4.78, 5) is 0. The van der Waals surface area contributed by atoms with Crippen LogP contribution in [-0.4, -0.2) is 7.05 Å². The van der Waals surface area contributed by atoms with E-state index in [-0.39, 0.29) is 18.6 Å². The van der Waals surface area contributed by atoms with Gasteiger partial charge in [0.2, 0.25) is 0 Å². The van der Waals surface area contributed by atoms with Crippen LogP contribution in [0, 0.1) is 0 Å². The van der Waals surface area contributed by atoms with E-state index in [1.165, 1.54) is 14.0 Å². The molecule has 0 aliphatic heterocycles. The van der Waals surface area contributed by atoms with E-state index in [9.17, 15) is 39.5 Å². The van der Waals surface area contributed by atoms with Crippen LogP contribution in [0.15, 0.2) is 12.1 Å². The molecule has 0 aliphatic carbocycles. The van der Waals surface area contributed by atoms with Crippen LogP contribution in [0.25, 0.3) is 0 Å². The lowest BCUT2D eigenvalue weighted by Gasteiger charge is -2.24. The fourth-order valence-electron chi connectivity index (χ4n) is 2.22. The normalized spacial score (nSPS) is 14.9. The first kappa shape index (κ1) is 19.6. The van der Waals surface area contributed by atoms with E-state index in [2.05, 4.69) is 5.32 Å². The smallest absolute Gasteiger partial charge is 0.313 e. The minimum Gasteiger partial charge on any atom is -0.313 e. The monoisotopic (exact) mass is 353 g/mol. The highest BCUT2D eigenvalue weighted by molar-refractivity contribution is 5.45. The van der Waals surface area contributed by atoms with Gasteiger partial charge in [-0.3, -0.25) is 0 Å². The van der Waals surface area contributed by atoms with Crippen molar-refractivity contribution in [2.75, 3.05) is 7.05 Å². The summed E-state index contributed by atoms with van der Waals surface area (Å²) in [5.74, 6) is 0. The Labute approximate surface area is 125 Å². The lowest BCUT2D eigenvalue weighted by Crippen LogP contribution is -2.25. The Morgan fingerprint density at radius 1 is 0.826 bits per heavy atom. The maximum absolute atomic E-state index is 12.9. The topological polar surface area (TPSA) is 12.0 Å². The second-order valence-electron chi connectivity index (χ2n) is 4.73. The van der Waals surface area contributed by atoms with Gasteiger partial charge >= 0.3 is 18.5 Å². The van der Waals surface area contributed by atoms with Gasteiger partial charge in [-0.05, 0) is 31.2 Å². The Balaban J connectivity index is 3.87. The van der Waals surface area contributed by atoms with E-state index in [4.69, 9.17) is 0 Å². The van der Waals surface area contributed by atoms with Crippen LogP contribution in [-0.2, 0) is 18.5 Å². The predicted octanol–water partition coefficient (Wildman–Crippen LogP) is 5.41. The first-order chi connectivity index (χ1) is 10.2. The average Bonchev–Trinajstić information content (AvgIpc) is 2.36. The Kier molecular flexibility index (Phi) is 5.30. The van der Waals surface area contributed by atoms with Crippen LogP contribution in [0.4, 0.5) is 39.5 Å². The van der Waals surface area contributed by atoms with Crippen molar-refractivity contribution in [3.05, 3.63) is 34.4 Å². The molecule has 1 aromatic rings. The van der Waals surface area contributed by atoms with Gasteiger partial charge in [0.1, 0.15) is 0 Å². The highest BCUT2D eigenvalue weighted by Gasteiger charge is 2.50. The lowest BCUT2D eigenvalue weighted by atomic mass is 9.92. The predicted molar refractivity (Wildman–Crippen MR) is 63.5 cm³/mol. The molecule has 0 aromatic heterocycles. The Morgan fingerprint density at radius 2 is 1.22 bits per heavy atom. The van der Waals surface area contributed by atoms with Crippen LogP contribution in [0.3, 0.4) is 0 Å². The van der Waals surface area contributed by atoms with Gasteiger partial charge in [-0.15, -0.1) is 0 Å². The molecule has 0 bridgehead atoms. The minimum absolute atomic E-state index is 0.0937. The number of hydrogen-bond donors (Lipinski definition) is 1. The fraction of sp³-hybridized carbons (Fsp3) is 0.538. The van der Waals surface area contributed by atoms with Crippen molar-refractivity contribution in [2.24, 2.45) is 0 Å². The molecule has 0 spiro atoms. The van der Waals surface area contributed by atoms with Crippen molar-refractivity contribution in [2.45, 2.75) is 37.9 Å². The highest BCUT2D eigenvalue weighted by atomic mass is 19.4. The largest absolute Gasteiger partial charge is 0.417 e. The zero-order valence-electron chi connectivity index (χ0n) is 11.8. The zero-order chi connectivity index (χ0) is 18.2. The van der Waals surface area contributed by atoms with Crippen molar-refractivity contribution in [3.8, 4) is 0 Å². The minimum atomic E-state index is -5.80. The molecule has 0 amide bonds. The molecule has 1 N–H and O–H groups in total. The van der Waals surface area contributed by atoms with Gasteiger partial charge in [0.25, 0.3) is 0 Å². The fourth-order valence-corrected chi connectivity index (χ4v) is 2.22. The summed E-state index contributed by atoms with van der Waals surface area (Å²) in [5, 5.41) is 2.47. The summed E-state index contributed by atoms with van der Waals surface area (Å²) in [6.45, 7) is 1.47. The molecule has 1 atom stereocenters. The highest BCUT2D eigenvalue weighted by Crippen LogP contribution is 2.47. The van der Waals surface area contributed by atoms with E-state index < -0.39 is 46.8 Å².